The Kier molecular flexibility index (Phi) is 1.45. The third kappa shape index (κ3) is 0.970. The molecule has 2 heteroatoms. The Morgan fingerprint density at radius 1 is 1.29 bits per heavy atom. The fourth-order valence-electron chi connectivity index (χ4n) is 1.98. The predicted octanol–water partition coefficient (Wildman–Crippen LogP) is 2.92. The Morgan fingerprint density at radius 3 is 3.14 bits per heavy atom. The zero-order valence-electron chi connectivity index (χ0n) is 8.09. The van der Waals surface area contributed by atoms with E-state index in [0.717, 1.165) is 6.54 Å². The Morgan fingerprint density at radius 2 is 2.21 bits per heavy atom. The van der Waals surface area contributed by atoms with Gasteiger partial charge in [0.25, 0.3) is 0 Å². The van der Waals surface area contributed by atoms with Gasteiger partial charge in [0.05, 0.1) is 11.4 Å². The normalized spacial score (nSPS) is 14.1. The van der Waals surface area contributed by atoms with Crippen molar-refractivity contribution in [2.45, 2.75) is 6.92 Å². The van der Waals surface area contributed by atoms with Gasteiger partial charge in [-0.05, 0) is 25.1 Å². The van der Waals surface area contributed by atoms with Gasteiger partial charge in [0.1, 0.15) is 0 Å². The Balaban J connectivity index is 2.39. The second-order valence-electron chi connectivity index (χ2n) is 3.75. The lowest BCUT2D eigenvalue weighted by Crippen LogP contribution is -2.02. The molecule has 0 unspecified atom stereocenters. The van der Waals surface area contributed by atoms with Crippen LogP contribution in [-0.4, -0.2) is 11.5 Å². The molecule has 14 heavy (non-hydrogen) atoms. The second-order valence-corrected chi connectivity index (χ2v) is 3.75. The quantitative estimate of drug-likeness (QED) is 0.647. The maximum atomic E-state index is 3.39. The number of aromatic nitrogens is 1. The van der Waals surface area contributed by atoms with Crippen LogP contribution in [0.25, 0.3) is 17.0 Å². The average Bonchev–Trinajstić information content (AvgIpc) is 2.56. The van der Waals surface area contributed by atoms with E-state index in [1.165, 1.54) is 27.8 Å². The lowest BCUT2D eigenvalue weighted by atomic mass is 10.1. The van der Waals surface area contributed by atoms with Gasteiger partial charge in [0, 0.05) is 17.4 Å². The molecular weight excluding hydrogens is 172 g/mol. The molecule has 0 amide bonds. The molecule has 2 nitrogen and oxygen atoms in total. The van der Waals surface area contributed by atoms with E-state index in [9.17, 15) is 0 Å². The second kappa shape index (κ2) is 2.64. The SMILES string of the molecule is Cc1ccc2[nH]c3c(c2c1)NCC=C3. The maximum Gasteiger partial charge on any atom is 0.0676 e. The summed E-state index contributed by atoms with van der Waals surface area (Å²) >= 11 is 0. The zero-order chi connectivity index (χ0) is 9.54. The van der Waals surface area contributed by atoms with Crippen LogP contribution in [-0.2, 0) is 0 Å². The van der Waals surface area contributed by atoms with Crippen molar-refractivity contribution in [1.29, 1.82) is 0 Å². The van der Waals surface area contributed by atoms with Crippen molar-refractivity contribution in [3.63, 3.8) is 0 Å². The molecular formula is C12H12N2. The van der Waals surface area contributed by atoms with Crippen LogP contribution in [0.5, 0.6) is 0 Å². The van der Waals surface area contributed by atoms with Gasteiger partial charge in [0.2, 0.25) is 0 Å². The Hall–Kier alpha value is -1.70. The molecule has 0 atom stereocenters. The van der Waals surface area contributed by atoms with Crippen molar-refractivity contribution in [2.75, 3.05) is 11.9 Å². The van der Waals surface area contributed by atoms with Gasteiger partial charge in [-0.2, -0.15) is 0 Å². The van der Waals surface area contributed by atoms with E-state index in [1.807, 2.05) is 0 Å². The van der Waals surface area contributed by atoms with Crippen LogP contribution in [0, 0.1) is 6.92 Å². The first-order chi connectivity index (χ1) is 6.84. The van der Waals surface area contributed by atoms with E-state index < -0.39 is 0 Å². The predicted molar refractivity (Wildman–Crippen MR) is 60.6 cm³/mol. The number of aromatic amines is 1. The van der Waals surface area contributed by atoms with Crippen molar-refractivity contribution in [3.05, 3.63) is 35.5 Å². The minimum atomic E-state index is 0.924. The highest BCUT2D eigenvalue weighted by Gasteiger charge is 2.10. The van der Waals surface area contributed by atoms with Gasteiger partial charge in [0.15, 0.2) is 0 Å². The number of anilines is 1. The van der Waals surface area contributed by atoms with E-state index in [4.69, 9.17) is 0 Å². The molecule has 0 saturated heterocycles. The number of benzene rings is 1. The largest absolute Gasteiger partial charge is 0.379 e. The van der Waals surface area contributed by atoms with Crippen molar-refractivity contribution in [2.24, 2.45) is 0 Å². The van der Waals surface area contributed by atoms with Crippen LogP contribution in [0.2, 0.25) is 0 Å². The summed E-state index contributed by atoms with van der Waals surface area (Å²) in [5, 5.41) is 4.69. The minimum Gasteiger partial charge on any atom is -0.379 e. The lowest BCUT2D eigenvalue weighted by molar-refractivity contribution is 1.29. The molecule has 2 heterocycles. The molecule has 0 radical (unpaired) electrons. The summed E-state index contributed by atoms with van der Waals surface area (Å²) in [4.78, 5) is 3.39. The standard InChI is InChI=1S/C12H12N2/c1-8-4-5-10-9(7-8)12-11(14-10)3-2-6-13-12/h2-5,7,13-14H,6H2,1H3. The van der Waals surface area contributed by atoms with Gasteiger partial charge >= 0.3 is 0 Å². The number of fused-ring (bicyclic) bond motifs is 3. The number of aryl methyl sites for hydroxylation is 1. The van der Waals surface area contributed by atoms with E-state index in [-0.39, 0.29) is 0 Å². The molecule has 2 aromatic rings. The molecule has 2 N–H and O–H groups in total. The van der Waals surface area contributed by atoms with Crippen molar-refractivity contribution >= 4 is 22.7 Å². The molecule has 1 aromatic heterocycles. The summed E-state index contributed by atoms with van der Waals surface area (Å²) in [6.45, 7) is 3.05. The smallest absolute Gasteiger partial charge is 0.0676 e. The van der Waals surface area contributed by atoms with Crippen molar-refractivity contribution < 1.29 is 0 Å². The van der Waals surface area contributed by atoms with E-state index in [2.05, 4.69) is 47.6 Å². The summed E-state index contributed by atoms with van der Waals surface area (Å²) in [5.41, 5.74) is 4.94. The first-order valence-corrected chi connectivity index (χ1v) is 4.87. The fourth-order valence-corrected chi connectivity index (χ4v) is 1.98. The van der Waals surface area contributed by atoms with Crippen molar-refractivity contribution in [1.82, 2.24) is 4.98 Å². The lowest BCUT2D eigenvalue weighted by Gasteiger charge is -2.08. The van der Waals surface area contributed by atoms with E-state index in [0.29, 0.717) is 0 Å². The molecule has 70 valence electrons. The van der Waals surface area contributed by atoms with E-state index >= 15 is 0 Å². The molecule has 1 aliphatic rings. The minimum absolute atomic E-state index is 0.924. The monoisotopic (exact) mass is 184 g/mol. The molecule has 1 aromatic carbocycles. The van der Waals surface area contributed by atoms with Crippen LogP contribution in [0.1, 0.15) is 11.3 Å². The third-order valence-corrected chi connectivity index (χ3v) is 2.66. The van der Waals surface area contributed by atoms with E-state index in [1.54, 1.807) is 0 Å². The molecule has 0 saturated carbocycles. The van der Waals surface area contributed by atoms with Gasteiger partial charge in [-0.25, -0.2) is 0 Å². The summed E-state index contributed by atoms with van der Waals surface area (Å²) < 4.78 is 0. The van der Waals surface area contributed by atoms with Gasteiger partial charge in [-0.3, -0.25) is 0 Å². The van der Waals surface area contributed by atoms with Crippen LogP contribution in [0.3, 0.4) is 0 Å². The highest BCUT2D eigenvalue weighted by Crippen LogP contribution is 2.30. The Labute approximate surface area is 82.6 Å². The summed E-state index contributed by atoms with van der Waals surface area (Å²) in [6.07, 6.45) is 4.27. The molecule has 1 aliphatic heterocycles. The first-order valence-electron chi connectivity index (χ1n) is 4.87. The third-order valence-electron chi connectivity index (χ3n) is 2.66. The Bertz CT molecular complexity index is 520. The van der Waals surface area contributed by atoms with Crippen LogP contribution < -0.4 is 5.32 Å². The van der Waals surface area contributed by atoms with Gasteiger partial charge in [-0.1, -0.05) is 17.7 Å². The summed E-state index contributed by atoms with van der Waals surface area (Å²) in [7, 11) is 0. The first kappa shape index (κ1) is 7.68. The van der Waals surface area contributed by atoms with Gasteiger partial charge < -0.3 is 10.3 Å². The summed E-state index contributed by atoms with van der Waals surface area (Å²) in [5.74, 6) is 0. The molecule has 0 fully saturated rings. The van der Waals surface area contributed by atoms with Crippen LogP contribution >= 0.6 is 0 Å². The van der Waals surface area contributed by atoms with Crippen molar-refractivity contribution in [3.8, 4) is 0 Å². The van der Waals surface area contributed by atoms with Crippen LogP contribution in [0.4, 0.5) is 5.69 Å². The number of rotatable bonds is 0. The molecule has 3 rings (SSSR count). The topological polar surface area (TPSA) is 27.8 Å². The number of hydrogen-bond donors (Lipinski definition) is 2. The number of nitrogens with one attached hydrogen (secondary N) is 2. The summed E-state index contributed by atoms with van der Waals surface area (Å²) in [6, 6.07) is 6.49. The number of hydrogen-bond acceptors (Lipinski definition) is 1. The zero-order valence-corrected chi connectivity index (χ0v) is 8.09. The maximum absolute atomic E-state index is 3.39. The number of H-pyrrole nitrogens is 1. The highest BCUT2D eigenvalue weighted by molar-refractivity contribution is 5.98. The highest BCUT2D eigenvalue weighted by atomic mass is 14.9. The molecule has 0 aliphatic carbocycles. The van der Waals surface area contributed by atoms with Crippen LogP contribution in [0.15, 0.2) is 24.3 Å². The van der Waals surface area contributed by atoms with Gasteiger partial charge in [-0.15, -0.1) is 0 Å². The average molecular weight is 184 g/mol. The molecule has 0 spiro atoms. The molecule has 0 bridgehead atoms. The fraction of sp³-hybridized carbons (Fsp3) is 0.167.